The lowest BCUT2D eigenvalue weighted by Crippen LogP contribution is -2.32. The number of imidazole rings is 1. The molecular weight excluding hydrogens is 292 g/mol. The predicted octanol–water partition coefficient (Wildman–Crippen LogP) is 2.63. The summed E-state index contributed by atoms with van der Waals surface area (Å²) in [5.74, 6) is 0.752. The number of amides is 1. The van der Waals surface area contributed by atoms with Crippen LogP contribution in [0, 0.1) is 0 Å². The van der Waals surface area contributed by atoms with Crippen LogP contribution in [0.3, 0.4) is 0 Å². The Morgan fingerprint density at radius 2 is 2.33 bits per heavy atom. The van der Waals surface area contributed by atoms with Gasteiger partial charge in [0.05, 0.1) is 17.6 Å². The van der Waals surface area contributed by atoms with Crippen molar-refractivity contribution in [3.8, 4) is 0 Å². The summed E-state index contributed by atoms with van der Waals surface area (Å²) >= 11 is 0. The molecule has 1 unspecified atom stereocenters. The average molecular weight is 311 g/mol. The molecule has 1 saturated heterocycles. The molecular formula is C14H19ClN4O2. The van der Waals surface area contributed by atoms with E-state index in [-0.39, 0.29) is 24.5 Å². The number of aromatic amines is 1. The van der Waals surface area contributed by atoms with Crippen LogP contribution in [0.1, 0.15) is 13.3 Å². The van der Waals surface area contributed by atoms with Gasteiger partial charge in [0.2, 0.25) is 5.95 Å². The Kier molecular flexibility index (Phi) is 4.90. The molecule has 0 spiro atoms. The second kappa shape index (κ2) is 6.67. The van der Waals surface area contributed by atoms with E-state index in [0.717, 1.165) is 29.9 Å². The van der Waals surface area contributed by atoms with Gasteiger partial charge in [-0.3, -0.25) is 0 Å². The minimum Gasteiger partial charge on any atom is -0.450 e. The quantitative estimate of drug-likeness (QED) is 0.914. The highest BCUT2D eigenvalue weighted by molar-refractivity contribution is 5.85. The number of para-hydroxylation sites is 2. The third kappa shape index (κ3) is 3.39. The number of likely N-dealkylation sites (tertiary alicyclic amines) is 1. The molecule has 6 nitrogen and oxygen atoms in total. The molecule has 7 heteroatoms. The van der Waals surface area contributed by atoms with Gasteiger partial charge >= 0.3 is 6.09 Å². The molecule has 1 aromatic heterocycles. The second-order valence-electron chi connectivity index (χ2n) is 4.88. The Hall–Kier alpha value is -1.95. The normalized spacial score (nSPS) is 17.6. The van der Waals surface area contributed by atoms with E-state index < -0.39 is 0 Å². The fourth-order valence-corrected chi connectivity index (χ4v) is 2.47. The van der Waals surface area contributed by atoms with E-state index in [4.69, 9.17) is 4.74 Å². The van der Waals surface area contributed by atoms with Gasteiger partial charge in [0.25, 0.3) is 0 Å². The maximum absolute atomic E-state index is 11.6. The number of hydrogen-bond acceptors (Lipinski definition) is 4. The molecule has 2 N–H and O–H groups in total. The summed E-state index contributed by atoms with van der Waals surface area (Å²) in [7, 11) is 0. The number of carbonyl (C=O) groups is 1. The van der Waals surface area contributed by atoms with Crippen LogP contribution >= 0.6 is 12.4 Å². The number of hydrogen-bond donors (Lipinski definition) is 2. The van der Waals surface area contributed by atoms with Crippen LogP contribution in [-0.2, 0) is 4.74 Å². The standard InChI is InChI=1S/C14H18N4O2.ClH/c1-2-20-14(19)18-8-7-10(9-18)15-13-16-11-5-3-4-6-12(11)17-13;/h3-6,10H,2,7-9H2,1H3,(H2,15,16,17);1H. The highest BCUT2D eigenvalue weighted by atomic mass is 35.5. The monoisotopic (exact) mass is 310 g/mol. The molecule has 0 saturated carbocycles. The molecule has 0 aliphatic carbocycles. The number of anilines is 1. The summed E-state index contributed by atoms with van der Waals surface area (Å²) < 4.78 is 5.01. The molecule has 0 bridgehead atoms. The van der Waals surface area contributed by atoms with Crippen LogP contribution in [0.25, 0.3) is 11.0 Å². The molecule has 1 aromatic carbocycles. The molecule has 1 aliphatic rings. The largest absolute Gasteiger partial charge is 0.450 e. The van der Waals surface area contributed by atoms with Crippen LogP contribution in [0.2, 0.25) is 0 Å². The molecule has 1 amide bonds. The lowest BCUT2D eigenvalue weighted by molar-refractivity contribution is 0.115. The van der Waals surface area contributed by atoms with Crippen molar-refractivity contribution in [1.29, 1.82) is 0 Å². The van der Waals surface area contributed by atoms with Gasteiger partial charge in [-0.2, -0.15) is 0 Å². The number of halogens is 1. The van der Waals surface area contributed by atoms with Crippen LogP contribution < -0.4 is 5.32 Å². The minimum absolute atomic E-state index is 0. The SMILES string of the molecule is CCOC(=O)N1CCC(Nc2nc3ccccc3[nH]2)C1.Cl. The van der Waals surface area contributed by atoms with E-state index in [0.29, 0.717) is 13.2 Å². The van der Waals surface area contributed by atoms with Crippen molar-refractivity contribution in [3.63, 3.8) is 0 Å². The minimum atomic E-state index is -0.235. The van der Waals surface area contributed by atoms with Crippen LogP contribution in [0.5, 0.6) is 0 Å². The first-order valence-corrected chi connectivity index (χ1v) is 6.89. The number of nitrogens with zero attached hydrogens (tertiary/aromatic N) is 2. The van der Waals surface area contributed by atoms with E-state index >= 15 is 0 Å². The maximum Gasteiger partial charge on any atom is 0.409 e. The third-order valence-corrected chi connectivity index (χ3v) is 3.44. The summed E-state index contributed by atoms with van der Waals surface area (Å²) in [4.78, 5) is 21.1. The second-order valence-corrected chi connectivity index (χ2v) is 4.88. The number of benzene rings is 1. The third-order valence-electron chi connectivity index (χ3n) is 3.44. The van der Waals surface area contributed by atoms with Gasteiger partial charge in [0.15, 0.2) is 0 Å². The van der Waals surface area contributed by atoms with Crippen molar-refractivity contribution in [3.05, 3.63) is 24.3 Å². The Balaban J connectivity index is 0.00000161. The zero-order valence-corrected chi connectivity index (χ0v) is 12.7. The van der Waals surface area contributed by atoms with Gasteiger partial charge < -0.3 is 19.9 Å². The molecule has 3 rings (SSSR count). The summed E-state index contributed by atoms with van der Waals surface area (Å²) in [6.45, 7) is 3.60. The highest BCUT2D eigenvalue weighted by Crippen LogP contribution is 2.18. The lowest BCUT2D eigenvalue weighted by atomic mass is 10.3. The number of ether oxygens (including phenoxy) is 1. The number of aromatic nitrogens is 2. The Morgan fingerprint density at radius 1 is 1.52 bits per heavy atom. The summed E-state index contributed by atoms with van der Waals surface area (Å²) in [5.41, 5.74) is 1.95. The van der Waals surface area contributed by atoms with Crippen LogP contribution in [0.4, 0.5) is 10.7 Å². The number of fused-ring (bicyclic) bond motifs is 1. The van der Waals surface area contributed by atoms with Crippen molar-refractivity contribution in [2.45, 2.75) is 19.4 Å². The fraction of sp³-hybridized carbons (Fsp3) is 0.429. The first-order valence-electron chi connectivity index (χ1n) is 6.89. The van der Waals surface area contributed by atoms with E-state index in [2.05, 4.69) is 15.3 Å². The van der Waals surface area contributed by atoms with Gasteiger partial charge in [-0.1, -0.05) is 12.1 Å². The van der Waals surface area contributed by atoms with Crippen molar-refractivity contribution >= 4 is 35.5 Å². The first-order chi connectivity index (χ1) is 9.76. The lowest BCUT2D eigenvalue weighted by Gasteiger charge is -2.15. The van der Waals surface area contributed by atoms with E-state index in [1.165, 1.54) is 0 Å². The highest BCUT2D eigenvalue weighted by Gasteiger charge is 2.27. The average Bonchev–Trinajstić information content (AvgIpc) is 3.05. The first kappa shape index (κ1) is 15.4. The van der Waals surface area contributed by atoms with Gasteiger partial charge in [0, 0.05) is 19.1 Å². The maximum atomic E-state index is 11.6. The Morgan fingerprint density at radius 3 is 3.10 bits per heavy atom. The molecule has 21 heavy (non-hydrogen) atoms. The molecule has 2 aromatic rings. The number of nitrogens with one attached hydrogen (secondary N) is 2. The van der Waals surface area contributed by atoms with Gasteiger partial charge in [0.1, 0.15) is 0 Å². The number of carbonyl (C=O) groups excluding carboxylic acids is 1. The zero-order chi connectivity index (χ0) is 13.9. The van der Waals surface area contributed by atoms with Crippen molar-refractivity contribution in [2.24, 2.45) is 0 Å². The molecule has 2 heterocycles. The zero-order valence-electron chi connectivity index (χ0n) is 11.8. The van der Waals surface area contributed by atoms with Crippen LogP contribution in [0.15, 0.2) is 24.3 Å². The van der Waals surface area contributed by atoms with Crippen LogP contribution in [-0.4, -0.2) is 46.7 Å². The molecule has 1 fully saturated rings. The summed E-state index contributed by atoms with van der Waals surface area (Å²) in [6.07, 6.45) is 0.664. The van der Waals surface area contributed by atoms with Gasteiger partial charge in [-0.25, -0.2) is 9.78 Å². The fourth-order valence-electron chi connectivity index (χ4n) is 2.47. The molecule has 1 atom stereocenters. The molecule has 114 valence electrons. The van der Waals surface area contributed by atoms with Gasteiger partial charge in [-0.05, 0) is 25.5 Å². The summed E-state index contributed by atoms with van der Waals surface area (Å²) in [6, 6.07) is 8.11. The summed E-state index contributed by atoms with van der Waals surface area (Å²) in [5, 5.41) is 3.34. The Bertz CT molecular complexity index is 583. The number of rotatable bonds is 3. The van der Waals surface area contributed by atoms with E-state index in [1.54, 1.807) is 4.90 Å². The molecule has 1 aliphatic heterocycles. The smallest absolute Gasteiger partial charge is 0.409 e. The van der Waals surface area contributed by atoms with E-state index in [1.807, 2.05) is 31.2 Å². The molecule has 0 radical (unpaired) electrons. The predicted molar refractivity (Wildman–Crippen MR) is 84.0 cm³/mol. The van der Waals surface area contributed by atoms with Crippen molar-refractivity contribution in [2.75, 3.05) is 25.0 Å². The topological polar surface area (TPSA) is 70.2 Å². The van der Waals surface area contributed by atoms with E-state index in [9.17, 15) is 4.79 Å². The van der Waals surface area contributed by atoms with Crippen molar-refractivity contribution < 1.29 is 9.53 Å². The van der Waals surface area contributed by atoms with Gasteiger partial charge in [-0.15, -0.1) is 12.4 Å². The number of H-pyrrole nitrogens is 1. The van der Waals surface area contributed by atoms with Crippen molar-refractivity contribution in [1.82, 2.24) is 14.9 Å². The Labute approximate surface area is 129 Å².